The fourth-order valence-corrected chi connectivity index (χ4v) is 6.55. The highest BCUT2D eigenvalue weighted by Gasteiger charge is 2.46. The Labute approximate surface area is 210 Å². The molecule has 11 heteroatoms. The fraction of sp³-hybridized carbons (Fsp3) is 0.269. The van der Waals surface area contributed by atoms with Gasteiger partial charge in [-0.05, 0) is 50.1 Å². The molecule has 3 heterocycles. The Morgan fingerprint density at radius 3 is 2.62 bits per heavy atom. The quantitative estimate of drug-likeness (QED) is 0.348. The second-order valence-electron chi connectivity index (χ2n) is 9.74. The van der Waals surface area contributed by atoms with Gasteiger partial charge in [-0.2, -0.15) is 13.9 Å². The van der Waals surface area contributed by atoms with Crippen molar-refractivity contribution >= 4 is 23.9 Å². The van der Waals surface area contributed by atoms with Gasteiger partial charge in [0.2, 0.25) is 0 Å². The van der Waals surface area contributed by atoms with E-state index < -0.39 is 25.5 Å². The van der Waals surface area contributed by atoms with E-state index >= 15 is 0 Å². The van der Waals surface area contributed by atoms with Crippen LogP contribution < -0.4 is 10.0 Å². The van der Waals surface area contributed by atoms with Crippen molar-refractivity contribution in [1.29, 1.82) is 0 Å². The number of carbonyl (C=O) groups is 1. The molecule has 2 aromatic heterocycles. The molecule has 0 N–H and O–H groups in total. The third-order valence-electron chi connectivity index (χ3n) is 7.19. The average Bonchev–Trinajstić information content (AvgIpc) is 3.35. The second-order valence-corrected chi connectivity index (χ2v) is 12.9. The minimum Gasteiger partial charge on any atom is -0.434 e. The third kappa shape index (κ3) is 3.65. The molecule has 2 bridgehead atoms. The lowest BCUT2D eigenvalue weighted by Crippen LogP contribution is -2.30. The van der Waals surface area contributed by atoms with Crippen LogP contribution >= 0.6 is 7.14 Å². The molecule has 0 saturated heterocycles. The van der Waals surface area contributed by atoms with Gasteiger partial charge < -0.3 is 14.2 Å². The van der Waals surface area contributed by atoms with E-state index in [2.05, 4.69) is 10.1 Å². The molecule has 2 atom stereocenters. The summed E-state index contributed by atoms with van der Waals surface area (Å²) in [7, 11) is -1.11. The summed E-state index contributed by atoms with van der Waals surface area (Å²) in [6.07, 6.45) is 1.98. The zero-order valence-electron chi connectivity index (χ0n) is 20.2. The smallest absolute Gasteiger partial charge is 0.387 e. The van der Waals surface area contributed by atoms with Gasteiger partial charge in [0, 0.05) is 40.5 Å². The van der Waals surface area contributed by atoms with E-state index in [1.807, 2.05) is 0 Å². The molecule has 2 aromatic carbocycles. The fourth-order valence-electron chi connectivity index (χ4n) is 5.53. The van der Waals surface area contributed by atoms with Crippen molar-refractivity contribution in [3.8, 4) is 17.0 Å². The van der Waals surface area contributed by atoms with Crippen LogP contribution in [0.25, 0.3) is 16.8 Å². The summed E-state index contributed by atoms with van der Waals surface area (Å²) < 4.78 is 60.2. The monoisotopic (exact) mass is 526 g/mol. The number of aromatic nitrogens is 3. The van der Waals surface area contributed by atoms with Crippen LogP contribution in [-0.4, -0.2) is 52.4 Å². The van der Waals surface area contributed by atoms with Crippen molar-refractivity contribution in [2.75, 3.05) is 20.4 Å². The van der Waals surface area contributed by atoms with E-state index in [1.54, 1.807) is 34.7 Å². The summed E-state index contributed by atoms with van der Waals surface area (Å²) in [5.41, 5.74) is 3.83. The Morgan fingerprint density at radius 2 is 1.92 bits per heavy atom. The molecule has 1 amide bonds. The summed E-state index contributed by atoms with van der Waals surface area (Å²) in [6, 6.07) is 10.5. The van der Waals surface area contributed by atoms with Gasteiger partial charge in [-0.1, -0.05) is 12.1 Å². The molecule has 37 heavy (non-hydrogen) atoms. The van der Waals surface area contributed by atoms with Gasteiger partial charge in [-0.15, -0.1) is 0 Å². The lowest BCUT2D eigenvalue weighted by Gasteiger charge is -2.23. The van der Waals surface area contributed by atoms with Gasteiger partial charge in [0.15, 0.2) is 0 Å². The molecule has 6 rings (SSSR count). The maximum absolute atomic E-state index is 14.8. The molecular formula is C26H22F3N4O3P. The largest absolute Gasteiger partial charge is 0.434 e. The third-order valence-corrected chi connectivity index (χ3v) is 8.71. The van der Waals surface area contributed by atoms with Gasteiger partial charge in [-0.25, -0.2) is 13.9 Å². The lowest BCUT2D eigenvalue weighted by atomic mass is 9.88. The predicted octanol–water partition coefficient (Wildman–Crippen LogP) is 5.05. The van der Waals surface area contributed by atoms with Crippen molar-refractivity contribution in [2.45, 2.75) is 25.0 Å². The van der Waals surface area contributed by atoms with Crippen LogP contribution in [0.5, 0.6) is 5.75 Å². The zero-order chi connectivity index (χ0) is 26.2. The van der Waals surface area contributed by atoms with Crippen molar-refractivity contribution in [3.63, 3.8) is 0 Å². The lowest BCUT2D eigenvalue weighted by molar-refractivity contribution is -0.0505. The number of carbonyl (C=O) groups excluding carboxylic acids is 1. The molecule has 1 aliphatic heterocycles. The van der Waals surface area contributed by atoms with E-state index in [4.69, 9.17) is 4.74 Å². The summed E-state index contributed by atoms with van der Waals surface area (Å²) >= 11 is 0. The van der Waals surface area contributed by atoms with Crippen molar-refractivity contribution < 1.29 is 27.3 Å². The summed E-state index contributed by atoms with van der Waals surface area (Å²) in [4.78, 5) is 19.3. The number of hydrogen-bond donors (Lipinski definition) is 0. The second kappa shape index (κ2) is 8.18. The number of rotatable bonds is 4. The molecule has 0 spiro atoms. The van der Waals surface area contributed by atoms with Crippen molar-refractivity contribution in [1.82, 2.24) is 19.5 Å². The first-order valence-electron chi connectivity index (χ1n) is 11.6. The van der Waals surface area contributed by atoms with Gasteiger partial charge >= 0.3 is 6.61 Å². The van der Waals surface area contributed by atoms with E-state index in [0.717, 1.165) is 5.56 Å². The summed E-state index contributed by atoms with van der Waals surface area (Å²) in [5, 5.41) is 4.85. The first kappa shape index (κ1) is 23.7. The molecule has 0 fully saturated rings. The minimum atomic E-state index is -3.04. The van der Waals surface area contributed by atoms with Crippen LogP contribution in [0.15, 0.2) is 48.8 Å². The first-order chi connectivity index (χ1) is 17.5. The molecule has 0 saturated carbocycles. The number of amides is 1. The molecule has 0 unspecified atom stereocenters. The van der Waals surface area contributed by atoms with Crippen LogP contribution in [0.3, 0.4) is 0 Å². The molecular weight excluding hydrogens is 504 g/mol. The van der Waals surface area contributed by atoms with Crippen LogP contribution in [0.2, 0.25) is 0 Å². The number of hydrogen-bond acceptors (Lipinski definition) is 5. The SMILES string of the molecule is CN1C(=O)c2cccc(OC(F)F)c2[C@H]2C[C@@H]1c1nn3cnc(-c4ccc(P(C)(C)=O)c(F)c4)cc3c12. The van der Waals surface area contributed by atoms with Gasteiger partial charge in [0.05, 0.1) is 22.9 Å². The Morgan fingerprint density at radius 1 is 1.14 bits per heavy atom. The Balaban J connectivity index is 1.54. The van der Waals surface area contributed by atoms with Crippen molar-refractivity contribution in [3.05, 3.63) is 77.0 Å². The molecule has 1 aliphatic carbocycles. The molecule has 0 radical (unpaired) electrons. The van der Waals surface area contributed by atoms with Gasteiger partial charge in [-0.3, -0.25) is 4.79 Å². The number of ether oxygens (including phenoxy) is 1. The highest BCUT2D eigenvalue weighted by atomic mass is 31.2. The Kier molecular flexibility index (Phi) is 5.25. The number of nitrogens with zero attached hydrogens (tertiary/aromatic N) is 4. The van der Waals surface area contributed by atoms with E-state index in [9.17, 15) is 22.5 Å². The maximum Gasteiger partial charge on any atom is 0.387 e. The van der Waals surface area contributed by atoms with Crippen LogP contribution in [0.4, 0.5) is 13.2 Å². The van der Waals surface area contributed by atoms with Gasteiger partial charge in [0.1, 0.15) is 25.0 Å². The van der Waals surface area contributed by atoms with Crippen molar-refractivity contribution in [2.24, 2.45) is 0 Å². The van der Waals surface area contributed by atoms with Crippen LogP contribution in [0.1, 0.15) is 45.6 Å². The topological polar surface area (TPSA) is 76.8 Å². The number of fused-ring (bicyclic) bond motifs is 9. The minimum absolute atomic E-state index is 0.0393. The van der Waals surface area contributed by atoms with Crippen LogP contribution in [0, 0.1) is 5.82 Å². The molecule has 4 aromatic rings. The highest BCUT2D eigenvalue weighted by molar-refractivity contribution is 7.70. The molecule has 7 nitrogen and oxygen atoms in total. The highest BCUT2D eigenvalue weighted by Crippen LogP contribution is 2.53. The molecule has 190 valence electrons. The maximum atomic E-state index is 14.8. The molecule has 2 aliphatic rings. The van der Waals surface area contributed by atoms with E-state index in [1.165, 1.54) is 43.9 Å². The van der Waals surface area contributed by atoms with E-state index in [-0.39, 0.29) is 23.0 Å². The summed E-state index contributed by atoms with van der Waals surface area (Å²) in [6.45, 7) is -0.0210. The Bertz CT molecular complexity index is 1650. The predicted molar refractivity (Wildman–Crippen MR) is 132 cm³/mol. The van der Waals surface area contributed by atoms with E-state index in [0.29, 0.717) is 40.0 Å². The van der Waals surface area contributed by atoms with Crippen LogP contribution in [-0.2, 0) is 4.57 Å². The first-order valence-corrected chi connectivity index (χ1v) is 14.2. The summed E-state index contributed by atoms with van der Waals surface area (Å²) in [5.74, 6) is -1.32. The number of alkyl halides is 2. The average molecular weight is 526 g/mol. The standard InChI is InChI=1S/C26H22F3N4O3P/c1-32-19-10-15(22-14(25(32)34)5-4-6-20(22)36-26(28)29)23-18-11-17(30-12-33(18)31-24(19)23)13-7-8-21(16(27)9-13)37(2,3)35/h4-9,11-12,15,19,26H,10H2,1-3H3/t15-,19-/m1/s1. The Hall–Kier alpha value is -3.65. The zero-order valence-corrected chi connectivity index (χ0v) is 21.0. The number of benzene rings is 2. The normalized spacial score (nSPS) is 18.8. The number of halogens is 3. The van der Waals surface area contributed by atoms with Gasteiger partial charge in [0.25, 0.3) is 5.91 Å².